The normalized spacial score (nSPS) is 14.3. The average Bonchev–Trinajstić information content (AvgIpc) is 2.62. The maximum atomic E-state index is 11.7. The molecule has 3 aromatic rings. The third-order valence-electron chi connectivity index (χ3n) is 4.88. The Morgan fingerprint density at radius 2 is 1.77 bits per heavy atom. The fraction of sp³-hybridized carbons (Fsp3) is 0.238. The van der Waals surface area contributed by atoms with E-state index in [0.717, 1.165) is 37.2 Å². The van der Waals surface area contributed by atoms with Crippen molar-refractivity contribution in [2.75, 3.05) is 22.4 Å². The molecule has 0 atom stereocenters. The largest absolute Gasteiger partial charge is 0.367 e. The molecular weight excluding hydrogens is 344 g/mol. The highest BCUT2D eigenvalue weighted by Gasteiger charge is 2.21. The number of rotatable bonds is 4. The Morgan fingerprint density at radius 3 is 2.62 bits per heavy atom. The van der Waals surface area contributed by atoms with E-state index in [1.807, 2.05) is 12.1 Å². The van der Waals surface area contributed by atoms with Gasteiger partial charge in [0.2, 0.25) is 10.0 Å². The summed E-state index contributed by atoms with van der Waals surface area (Å²) in [6.45, 7) is 1.79. The van der Waals surface area contributed by atoms with Crippen molar-refractivity contribution in [2.24, 2.45) is 0 Å². The van der Waals surface area contributed by atoms with Crippen molar-refractivity contribution >= 4 is 32.2 Å². The second kappa shape index (κ2) is 6.65. The summed E-state index contributed by atoms with van der Waals surface area (Å²) in [6.07, 6.45) is 3.10. The predicted octanol–water partition coefficient (Wildman–Crippen LogP) is 4.16. The molecule has 1 heterocycles. The molecule has 3 aromatic carbocycles. The lowest BCUT2D eigenvalue weighted by Gasteiger charge is -2.33. The Morgan fingerprint density at radius 1 is 1.00 bits per heavy atom. The Hall–Kier alpha value is -2.53. The first-order chi connectivity index (χ1) is 12.5. The van der Waals surface area contributed by atoms with E-state index in [-0.39, 0.29) is 0 Å². The highest BCUT2D eigenvalue weighted by atomic mass is 32.2. The van der Waals surface area contributed by atoms with Gasteiger partial charge in [-0.25, -0.2) is 8.42 Å². The third-order valence-corrected chi connectivity index (χ3v) is 5.47. The highest BCUT2D eigenvalue weighted by molar-refractivity contribution is 7.92. The van der Waals surface area contributed by atoms with Crippen molar-refractivity contribution in [2.45, 2.75) is 19.4 Å². The van der Waals surface area contributed by atoms with Crippen LogP contribution >= 0.6 is 0 Å². The van der Waals surface area contributed by atoms with E-state index < -0.39 is 10.0 Å². The molecule has 0 amide bonds. The topological polar surface area (TPSA) is 49.4 Å². The second-order valence-electron chi connectivity index (χ2n) is 6.84. The maximum absolute atomic E-state index is 11.7. The van der Waals surface area contributed by atoms with Gasteiger partial charge in [-0.3, -0.25) is 4.72 Å². The van der Waals surface area contributed by atoms with Crippen molar-refractivity contribution in [3.05, 3.63) is 71.8 Å². The van der Waals surface area contributed by atoms with E-state index in [1.54, 1.807) is 0 Å². The molecule has 0 saturated carbocycles. The Labute approximate surface area is 154 Å². The van der Waals surface area contributed by atoms with Crippen LogP contribution in [0.1, 0.15) is 17.5 Å². The van der Waals surface area contributed by atoms with Gasteiger partial charge in [0.1, 0.15) is 0 Å². The van der Waals surface area contributed by atoms with Crippen LogP contribution in [0.3, 0.4) is 0 Å². The Bertz CT molecular complexity index is 1060. The monoisotopic (exact) mass is 366 g/mol. The van der Waals surface area contributed by atoms with Crippen LogP contribution in [0.5, 0.6) is 0 Å². The van der Waals surface area contributed by atoms with Gasteiger partial charge in [0.05, 0.1) is 11.9 Å². The molecule has 0 aliphatic carbocycles. The molecule has 0 fully saturated rings. The lowest BCUT2D eigenvalue weighted by molar-refractivity contribution is 0.606. The van der Waals surface area contributed by atoms with Crippen LogP contribution in [-0.4, -0.2) is 21.2 Å². The summed E-state index contributed by atoms with van der Waals surface area (Å²) in [5.41, 5.74) is 4.20. The van der Waals surface area contributed by atoms with Crippen LogP contribution in [0, 0.1) is 0 Å². The summed E-state index contributed by atoms with van der Waals surface area (Å²) in [7, 11) is -3.28. The molecule has 1 N–H and O–H groups in total. The van der Waals surface area contributed by atoms with Gasteiger partial charge in [-0.1, -0.05) is 48.5 Å². The summed E-state index contributed by atoms with van der Waals surface area (Å²) < 4.78 is 26.0. The van der Waals surface area contributed by atoms with Crippen LogP contribution in [0.25, 0.3) is 10.8 Å². The molecule has 0 bridgehead atoms. The minimum Gasteiger partial charge on any atom is -0.367 e. The first kappa shape index (κ1) is 16.9. The minimum absolute atomic E-state index is 0.701. The number of anilines is 2. The second-order valence-corrected chi connectivity index (χ2v) is 8.59. The summed E-state index contributed by atoms with van der Waals surface area (Å²) in [4.78, 5) is 2.36. The zero-order chi connectivity index (χ0) is 18.1. The zero-order valence-electron chi connectivity index (χ0n) is 14.8. The van der Waals surface area contributed by atoms with Crippen LogP contribution in [0.2, 0.25) is 0 Å². The van der Waals surface area contributed by atoms with E-state index in [0.29, 0.717) is 5.69 Å². The SMILES string of the molecule is CS(=O)(=O)Nc1cccc2c1CCCN2Cc1cccc2ccccc12. The van der Waals surface area contributed by atoms with Gasteiger partial charge in [-0.2, -0.15) is 0 Å². The number of nitrogens with zero attached hydrogens (tertiary/aromatic N) is 1. The minimum atomic E-state index is -3.28. The molecule has 0 spiro atoms. The first-order valence-corrected chi connectivity index (χ1v) is 10.7. The highest BCUT2D eigenvalue weighted by Crippen LogP contribution is 2.34. The first-order valence-electron chi connectivity index (χ1n) is 8.82. The molecule has 1 aliphatic rings. The number of nitrogens with one attached hydrogen (secondary N) is 1. The van der Waals surface area contributed by atoms with E-state index in [4.69, 9.17) is 0 Å². The van der Waals surface area contributed by atoms with E-state index in [9.17, 15) is 8.42 Å². The molecular formula is C21H22N2O2S. The lowest BCUT2D eigenvalue weighted by atomic mass is 9.98. The van der Waals surface area contributed by atoms with E-state index >= 15 is 0 Å². The van der Waals surface area contributed by atoms with Crippen molar-refractivity contribution < 1.29 is 8.42 Å². The molecule has 0 radical (unpaired) electrons. The standard InChI is InChI=1S/C21H22N2O2S/c1-26(24,25)22-20-12-5-13-21-19(20)11-6-14-23(21)15-17-9-4-8-16-7-2-3-10-18(16)17/h2-5,7-10,12-13,22H,6,11,14-15H2,1H3. The molecule has 4 nitrogen and oxygen atoms in total. The summed E-state index contributed by atoms with van der Waals surface area (Å²) in [6, 6.07) is 20.7. The van der Waals surface area contributed by atoms with Gasteiger partial charge in [-0.15, -0.1) is 0 Å². The molecule has 4 rings (SSSR count). The van der Waals surface area contributed by atoms with Crippen molar-refractivity contribution in [3.8, 4) is 0 Å². The van der Waals surface area contributed by atoms with Gasteiger partial charge in [0.25, 0.3) is 0 Å². The lowest BCUT2D eigenvalue weighted by Crippen LogP contribution is -2.29. The Kier molecular flexibility index (Phi) is 4.32. The number of fused-ring (bicyclic) bond motifs is 2. The number of benzene rings is 3. The number of hydrogen-bond acceptors (Lipinski definition) is 3. The zero-order valence-corrected chi connectivity index (χ0v) is 15.6. The van der Waals surface area contributed by atoms with Gasteiger partial charge in [0.15, 0.2) is 0 Å². The smallest absolute Gasteiger partial charge is 0.229 e. The molecule has 0 unspecified atom stereocenters. The van der Waals surface area contributed by atoms with Crippen molar-refractivity contribution in [1.29, 1.82) is 0 Å². The molecule has 0 aromatic heterocycles. The van der Waals surface area contributed by atoms with E-state index in [2.05, 4.69) is 58.2 Å². The average molecular weight is 366 g/mol. The number of hydrogen-bond donors (Lipinski definition) is 1. The molecule has 5 heteroatoms. The van der Waals surface area contributed by atoms with Crippen molar-refractivity contribution in [3.63, 3.8) is 0 Å². The van der Waals surface area contributed by atoms with Crippen LogP contribution < -0.4 is 9.62 Å². The quantitative estimate of drug-likeness (QED) is 0.754. The maximum Gasteiger partial charge on any atom is 0.229 e. The summed E-state index contributed by atoms with van der Waals surface area (Å²) in [5, 5.41) is 2.52. The predicted molar refractivity (Wildman–Crippen MR) is 108 cm³/mol. The molecule has 0 saturated heterocycles. The van der Waals surface area contributed by atoms with Crippen molar-refractivity contribution in [1.82, 2.24) is 0 Å². The summed E-state index contributed by atoms with van der Waals surface area (Å²) >= 11 is 0. The fourth-order valence-corrected chi connectivity index (χ4v) is 4.39. The van der Waals surface area contributed by atoms with Crippen LogP contribution in [0.4, 0.5) is 11.4 Å². The van der Waals surface area contributed by atoms with Gasteiger partial charge in [0, 0.05) is 18.8 Å². The number of sulfonamides is 1. The molecule has 26 heavy (non-hydrogen) atoms. The van der Waals surface area contributed by atoms with Gasteiger partial charge >= 0.3 is 0 Å². The summed E-state index contributed by atoms with van der Waals surface area (Å²) in [5.74, 6) is 0. The van der Waals surface area contributed by atoms with Crippen LogP contribution in [0.15, 0.2) is 60.7 Å². The Balaban J connectivity index is 1.71. The molecule has 134 valence electrons. The van der Waals surface area contributed by atoms with E-state index in [1.165, 1.54) is 22.6 Å². The van der Waals surface area contributed by atoms with Gasteiger partial charge in [-0.05, 0) is 46.9 Å². The molecule has 1 aliphatic heterocycles. The third kappa shape index (κ3) is 3.40. The fourth-order valence-electron chi connectivity index (χ4n) is 3.80. The van der Waals surface area contributed by atoms with Crippen LogP contribution in [-0.2, 0) is 23.0 Å². The van der Waals surface area contributed by atoms with Gasteiger partial charge < -0.3 is 4.90 Å².